The van der Waals surface area contributed by atoms with Crippen LogP contribution in [0.4, 0.5) is 5.13 Å². The fourth-order valence-electron chi connectivity index (χ4n) is 4.21. The molecule has 2 fully saturated rings. The standard InChI is InChI=1S/C22H30N4O2S/c1-16-8-9-19(17(2)14-16)28-15-20(27)25-10-12-26(13-11-25)22-24-23-21(29-22)18-6-4-3-5-7-18/h8-9,14,18H,3-7,10-13,15H2,1-2H3. The number of amides is 1. The molecular formula is C22H30N4O2S. The summed E-state index contributed by atoms with van der Waals surface area (Å²) < 4.78 is 5.76. The molecule has 2 aromatic rings. The van der Waals surface area contributed by atoms with E-state index in [4.69, 9.17) is 4.74 Å². The molecule has 0 atom stereocenters. The molecule has 0 spiro atoms. The lowest BCUT2D eigenvalue weighted by Crippen LogP contribution is -2.50. The third-order valence-corrected chi connectivity index (χ3v) is 7.12. The van der Waals surface area contributed by atoms with E-state index in [0.717, 1.165) is 29.5 Å². The van der Waals surface area contributed by atoms with Gasteiger partial charge in [0.2, 0.25) is 5.13 Å². The van der Waals surface area contributed by atoms with E-state index in [9.17, 15) is 4.79 Å². The lowest BCUT2D eigenvalue weighted by molar-refractivity contribution is -0.133. The fraction of sp³-hybridized carbons (Fsp3) is 0.591. The van der Waals surface area contributed by atoms with E-state index in [0.29, 0.717) is 19.0 Å². The molecule has 7 heteroatoms. The molecule has 6 nitrogen and oxygen atoms in total. The van der Waals surface area contributed by atoms with Gasteiger partial charge in [-0.05, 0) is 38.3 Å². The molecule has 4 rings (SSSR count). The molecule has 0 radical (unpaired) electrons. The number of carbonyl (C=O) groups excluding carboxylic acids is 1. The van der Waals surface area contributed by atoms with E-state index in [2.05, 4.69) is 28.1 Å². The van der Waals surface area contributed by atoms with Crippen LogP contribution in [0.3, 0.4) is 0 Å². The van der Waals surface area contributed by atoms with E-state index >= 15 is 0 Å². The Morgan fingerprint density at radius 3 is 2.59 bits per heavy atom. The molecule has 2 aliphatic rings. The molecule has 1 aromatic heterocycles. The minimum absolute atomic E-state index is 0.0461. The minimum atomic E-state index is 0.0461. The van der Waals surface area contributed by atoms with Crippen LogP contribution in [-0.2, 0) is 4.79 Å². The Balaban J connectivity index is 1.26. The maximum absolute atomic E-state index is 12.6. The first kappa shape index (κ1) is 20.1. The third kappa shape index (κ3) is 4.89. The van der Waals surface area contributed by atoms with Crippen LogP contribution in [-0.4, -0.2) is 53.8 Å². The van der Waals surface area contributed by atoms with E-state index in [-0.39, 0.29) is 12.5 Å². The summed E-state index contributed by atoms with van der Waals surface area (Å²) in [5.41, 5.74) is 2.26. The zero-order chi connectivity index (χ0) is 20.2. The summed E-state index contributed by atoms with van der Waals surface area (Å²) in [5.74, 6) is 1.43. The van der Waals surface area contributed by atoms with Crippen molar-refractivity contribution >= 4 is 22.4 Å². The predicted molar refractivity (Wildman–Crippen MR) is 116 cm³/mol. The molecule has 0 bridgehead atoms. The summed E-state index contributed by atoms with van der Waals surface area (Å²) in [5, 5.41) is 11.1. The highest BCUT2D eigenvalue weighted by Crippen LogP contribution is 2.36. The highest BCUT2D eigenvalue weighted by molar-refractivity contribution is 7.15. The smallest absolute Gasteiger partial charge is 0.260 e. The van der Waals surface area contributed by atoms with Crippen molar-refractivity contribution in [1.82, 2.24) is 15.1 Å². The van der Waals surface area contributed by atoms with Gasteiger partial charge in [0.05, 0.1) is 0 Å². The number of aryl methyl sites for hydroxylation is 2. The summed E-state index contributed by atoms with van der Waals surface area (Å²) >= 11 is 1.74. The number of piperazine rings is 1. The number of rotatable bonds is 5. The molecule has 1 saturated heterocycles. The summed E-state index contributed by atoms with van der Waals surface area (Å²) in [7, 11) is 0. The van der Waals surface area contributed by atoms with Gasteiger partial charge in [0, 0.05) is 32.1 Å². The second-order valence-electron chi connectivity index (χ2n) is 8.18. The molecule has 0 N–H and O–H groups in total. The maximum atomic E-state index is 12.6. The summed E-state index contributed by atoms with van der Waals surface area (Å²) in [6.45, 7) is 7.16. The second-order valence-corrected chi connectivity index (χ2v) is 9.17. The van der Waals surface area contributed by atoms with Crippen molar-refractivity contribution in [1.29, 1.82) is 0 Å². The Hall–Kier alpha value is -2.15. The molecule has 1 aliphatic heterocycles. The Morgan fingerprint density at radius 2 is 1.86 bits per heavy atom. The van der Waals surface area contributed by atoms with Crippen LogP contribution < -0.4 is 9.64 Å². The number of hydrogen-bond donors (Lipinski definition) is 0. The van der Waals surface area contributed by atoms with Gasteiger partial charge in [0.25, 0.3) is 5.91 Å². The molecule has 1 aliphatic carbocycles. The van der Waals surface area contributed by atoms with Gasteiger partial charge in [0.15, 0.2) is 6.61 Å². The molecule has 1 saturated carbocycles. The number of benzene rings is 1. The van der Waals surface area contributed by atoms with Crippen molar-refractivity contribution in [3.05, 3.63) is 34.3 Å². The minimum Gasteiger partial charge on any atom is -0.484 e. The van der Waals surface area contributed by atoms with Gasteiger partial charge in [-0.2, -0.15) is 0 Å². The SMILES string of the molecule is Cc1ccc(OCC(=O)N2CCN(c3nnc(C4CCCCC4)s3)CC2)c(C)c1. The van der Waals surface area contributed by atoms with Gasteiger partial charge < -0.3 is 14.5 Å². The van der Waals surface area contributed by atoms with Crippen LogP contribution in [0.2, 0.25) is 0 Å². The maximum Gasteiger partial charge on any atom is 0.260 e. The first-order valence-corrected chi connectivity index (χ1v) is 11.5. The Labute approximate surface area is 176 Å². The predicted octanol–water partition coefficient (Wildman–Crippen LogP) is 3.93. The lowest BCUT2D eigenvalue weighted by Gasteiger charge is -2.34. The Kier molecular flexibility index (Phi) is 6.33. The van der Waals surface area contributed by atoms with Crippen molar-refractivity contribution in [2.24, 2.45) is 0 Å². The highest BCUT2D eigenvalue weighted by Gasteiger charge is 2.25. The second kappa shape index (κ2) is 9.11. The number of hydrogen-bond acceptors (Lipinski definition) is 6. The number of ether oxygens (including phenoxy) is 1. The van der Waals surface area contributed by atoms with Crippen molar-refractivity contribution in [3.8, 4) is 5.75 Å². The Bertz CT molecular complexity index is 839. The van der Waals surface area contributed by atoms with Crippen LogP contribution in [0.15, 0.2) is 18.2 Å². The summed E-state index contributed by atoms with van der Waals surface area (Å²) in [6, 6.07) is 6.02. The van der Waals surface area contributed by atoms with E-state index in [1.807, 2.05) is 24.0 Å². The van der Waals surface area contributed by atoms with Gasteiger partial charge in [-0.3, -0.25) is 4.79 Å². The molecule has 156 valence electrons. The average Bonchev–Trinajstić information content (AvgIpc) is 3.24. The lowest BCUT2D eigenvalue weighted by atomic mass is 9.90. The fourth-order valence-corrected chi connectivity index (χ4v) is 5.27. The molecular weight excluding hydrogens is 384 g/mol. The molecule has 1 amide bonds. The largest absolute Gasteiger partial charge is 0.484 e. The topological polar surface area (TPSA) is 58.6 Å². The van der Waals surface area contributed by atoms with E-state index < -0.39 is 0 Å². The molecule has 0 unspecified atom stereocenters. The normalized spacial score (nSPS) is 18.1. The van der Waals surface area contributed by atoms with E-state index in [1.54, 1.807) is 11.3 Å². The zero-order valence-corrected chi connectivity index (χ0v) is 18.2. The van der Waals surface area contributed by atoms with Crippen LogP contribution >= 0.6 is 11.3 Å². The van der Waals surface area contributed by atoms with Crippen LogP contribution in [0, 0.1) is 13.8 Å². The van der Waals surface area contributed by atoms with Crippen molar-refractivity contribution in [2.75, 3.05) is 37.7 Å². The molecule has 2 heterocycles. The number of aromatic nitrogens is 2. The summed E-state index contributed by atoms with van der Waals surface area (Å²) in [6.07, 6.45) is 6.47. The van der Waals surface area contributed by atoms with Crippen LogP contribution in [0.5, 0.6) is 5.75 Å². The summed E-state index contributed by atoms with van der Waals surface area (Å²) in [4.78, 5) is 16.7. The van der Waals surface area contributed by atoms with Gasteiger partial charge >= 0.3 is 0 Å². The monoisotopic (exact) mass is 414 g/mol. The van der Waals surface area contributed by atoms with Gasteiger partial charge in [0.1, 0.15) is 10.8 Å². The highest BCUT2D eigenvalue weighted by atomic mass is 32.1. The van der Waals surface area contributed by atoms with Gasteiger partial charge in [-0.25, -0.2) is 0 Å². The quantitative estimate of drug-likeness (QED) is 0.742. The van der Waals surface area contributed by atoms with E-state index in [1.165, 1.54) is 42.7 Å². The van der Waals surface area contributed by atoms with Crippen LogP contribution in [0.25, 0.3) is 0 Å². The average molecular weight is 415 g/mol. The first-order valence-electron chi connectivity index (χ1n) is 10.7. The first-order chi connectivity index (χ1) is 14.1. The van der Waals surface area contributed by atoms with Gasteiger partial charge in [-0.1, -0.05) is 48.3 Å². The number of carbonyl (C=O) groups is 1. The van der Waals surface area contributed by atoms with Crippen molar-refractivity contribution in [3.63, 3.8) is 0 Å². The number of nitrogens with zero attached hydrogens (tertiary/aromatic N) is 4. The molecule has 1 aromatic carbocycles. The van der Waals surface area contributed by atoms with Crippen LogP contribution in [0.1, 0.15) is 54.2 Å². The molecule has 29 heavy (non-hydrogen) atoms. The third-order valence-electron chi connectivity index (χ3n) is 5.97. The van der Waals surface area contributed by atoms with Crippen molar-refractivity contribution in [2.45, 2.75) is 51.9 Å². The number of anilines is 1. The van der Waals surface area contributed by atoms with Gasteiger partial charge in [-0.15, -0.1) is 10.2 Å². The van der Waals surface area contributed by atoms with Crippen molar-refractivity contribution < 1.29 is 9.53 Å². The Morgan fingerprint density at radius 1 is 1.10 bits per heavy atom. The zero-order valence-electron chi connectivity index (χ0n) is 17.4.